The molecule has 0 bridgehead atoms. The Kier molecular flexibility index (Phi) is 37.2. The van der Waals surface area contributed by atoms with E-state index in [1.165, 1.54) is 54.7 Å². The fraction of sp³-hybridized carbons (Fsp3) is 0.207. The van der Waals surface area contributed by atoms with Gasteiger partial charge in [0.05, 0.1) is 18.6 Å². The van der Waals surface area contributed by atoms with Crippen molar-refractivity contribution in [2.75, 3.05) is 26.2 Å². The van der Waals surface area contributed by atoms with Gasteiger partial charge in [0.1, 0.15) is 22.9 Å². The Balaban J connectivity index is 0.000000185. The van der Waals surface area contributed by atoms with Crippen molar-refractivity contribution in [3.63, 3.8) is 0 Å². The van der Waals surface area contributed by atoms with Crippen LogP contribution >= 0.6 is 0 Å². The Bertz CT molecular complexity index is 6710. The highest BCUT2D eigenvalue weighted by molar-refractivity contribution is 6.12. The summed E-state index contributed by atoms with van der Waals surface area (Å²) in [4.78, 5) is 169. The molecule has 744 valence electrons. The number of pyridine rings is 4. The van der Waals surface area contributed by atoms with Crippen LogP contribution in [0.3, 0.4) is 0 Å². The Hall–Kier alpha value is -17.8. The van der Waals surface area contributed by atoms with E-state index in [0.29, 0.717) is 133 Å². The zero-order valence-electron chi connectivity index (χ0n) is 81.8. The Morgan fingerprint density at radius 1 is 0.363 bits per heavy atom. The van der Waals surface area contributed by atoms with Gasteiger partial charge in [0.15, 0.2) is 40.2 Å². The molecule has 12 aromatic rings. The van der Waals surface area contributed by atoms with Crippen molar-refractivity contribution in [2.45, 2.75) is 106 Å². The number of carboxylic acid groups (broad SMARTS) is 4. The van der Waals surface area contributed by atoms with Crippen LogP contribution in [0.25, 0.3) is 68.8 Å². The average molecular weight is 1960 g/mol. The first-order chi connectivity index (χ1) is 69.7. The number of Topliss-reactive ketones (excluding diaryl/α,β-unsaturated/α-hetero) is 4. The molecule has 15 N–H and O–H groups in total. The fourth-order valence-corrected chi connectivity index (χ4v) is 15.4. The number of nitrogens with one attached hydrogen (secondary N) is 8. The standard InChI is InChI=1S/C30H29N3O5.C29H27N3O4.C29H29N3O4.C28H28N4O4/c1-3-20-13-25(27(35)12-18-6-8-21(9-7-18)17(2)31)24(14-22(20)16-34)23-10-11-26(33-28(23)30(37)38)29(36)32-15-19-4-5-19;1-3-18-8-11-22(24(14-18)26(33)15-19-6-9-21(10-7-19)17(2)30)23-12-13-25(32-27(23)29(35)36)28(34)31-16-20-4-5-20;1-5-19-8-11-22(24(14-19)26(33)15-20-6-9-21(10-7-20)18(4)30)23-12-13-25(32-27(23)29(35)36)28(34)31-16-17(2)3;1-4-17-5-9-21(23(11-17)25(33)13-20-8-6-19(15-31-20)26(29)30)22-10-7-18(12-24(22)28(35)36)27(34)32-14-16(2)3/h3,6-11,13-14,19,31,34H,1,4-5,12,15-16H2,2H3,(H,32,36)(H,37,38);3,6-14,20,30H,1,4-5,15-16H2,2H3,(H,31,34)(H,35,36);5-14,17,30H,1,15-16H2,2-4H3,(H,31,34)(H,35,36);4-12,15-16H,1,13-14H2,2-3H3,(H3,29,30)(H,32,34)(H,35,36). The number of rotatable bonds is 41. The zero-order chi connectivity index (χ0) is 106. The van der Waals surface area contributed by atoms with Crippen molar-refractivity contribution >= 4 is 118 Å². The van der Waals surface area contributed by atoms with Gasteiger partial charge in [-0.3, -0.25) is 48.7 Å². The first-order valence-electron chi connectivity index (χ1n) is 47.0. The minimum Gasteiger partial charge on any atom is -0.478 e. The minimum absolute atomic E-state index is 0.00558. The van der Waals surface area contributed by atoms with Crippen molar-refractivity contribution in [3.05, 3.63) is 379 Å². The molecule has 2 aliphatic carbocycles. The summed E-state index contributed by atoms with van der Waals surface area (Å²) < 4.78 is 0. The number of nitrogens with two attached hydrogens (primary N) is 1. The molecule has 0 spiro atoms. The van der Waals surface area contributed by atoms with Crippen LogP contribution in [0.15, 0.2) is 239 Å². The first-order valence-corrected chi connectivity index (χ1v) is 47.0. The first kappa shape index (κ1) is 109. The second-order valence-electron chi connectivity index (χ2n) is 36.1. The topological polar surface area (TPSA) is 527 Å². The molecule has 0 aliphatic heterocycles. The molecule has 8 aromatic carbocycles. The lowest BCUT2D eigenvalue weighted by Crippen LogP contribution is -2.28. The molecule has 2 fully saturated rings. The summed E-state index contributed by atoms with van der Waals surface area (Å²) in [6, 6.07) is 56.5. The Labute approximate surface area is 844 Å². The van der Waals surface area contributed by atoms with E-state index < -0.39 is 41.6 Å². The highest BCUT2D eigenvalue weighted by Crippen LogP contribution is 2.38. The van der Waals surface area contributed by atoms with Gasteiger partial charge >= 0.3 is 23.9 Å². The second kappa shape index (κ2) is 50.0. The van der Waals surface area contributed by atoms with Crippen LogP contribution in [0.4, 0.5) is 0 Å². The smallest absolute Gasteiger partial charge is 0.355 e. The van der Waals surface area contributed by atoms with E-state index in [4.69, 9.17) is 27.4 Å². The van der Waals surface area contributed by atoms with Gasteiger partial charge in [-0.25, -0.2) is 34.1 Å². The predicted molar refractivity (Wildman–Crippen MR) is 564 cm³/mol. The van der Waals surface area contributed by atoms with Gasteiger partial charge < -0.3 is 68.8 Å². The third-order valence-corrected chi connectivity index (χ3v) is 23.9. The molecule has 2 saturated carbocycles. The normalized spacial score (nSPS) is 11.6. The Morgan fingerprint density at radius 2 is 0.685 bits per heavy atom. The molecule has 30 nitrogen and oxygen atoms in total. The number of ketones is 4. The molecule has 0 radical (unpaired) electrons. The number of carbonyl (C=O) groups is 12. The molecule has 4 heterocycles. The third kappa shape index (κ3) is 29.0. The minimum atomic E-state index is -1.34. The third-order valence-electron chi connectivity index (χ3n) is 23.9. The number of nitrogen functional groups attached to an aromatic ring is 1. The monoisotopic (exact) mass is 1960 g/mol. The summed E-state index contributed by atoms with van der Waals surface area (Å²) in [6.45, 7) is 29.6. The van der Waals surface area contributed by atoms with Crippen LogP contribution in [-0.2, 0) is 32.3 Å². The molecular formula is C116H113N13O17. The highest BCUT2D eigenvalue weighted by atomic mass is 16.4. The summed E-state index contributed by atoms with van der Waals surface area (Å²) in [6.07, 6.45) is 12.3. The molecule has 30 heteroatoms. The zero-order valence-corrected chi connectivity index (χ0v) is 81.8. The Morgan fingerprint density at radius 3 is 1.01 bits per heavy atom. The molecule has 14 rings (SSSR count). The van der Waals surface area contributed by atoms with Crippen molar-refractivity contribution in [1.82, 2.24) is 41.2 Å². The van der Waals surface area contributed by atoms with Gasteiger partial charge in [0.2, 0.25) is 0 Å². The van der Waals surface area contributed by atoms with Crippen molar-refractivity contribution in [2.24, 2.45) is 29.4 Å². The number of aliphatic hydroxyl groups excluding tert-OH is 1. The number of hydrogen-bond donors (Lipinski definition) is 14. The number of nitrogens with zero attached hydrogens (tertiary/aromatic N) is 4. The van der Waals surface area contributed by atoms with E-state index in [1.807, 2.05) is 39.8 Å². The number of aliphatic hydroxyl groups is 1. The van der Waals surface area contributed by atoms with E-state index in [-0.39, 0.29) is 147 Å². The highest BCUT2D eigenvalue weighted by Gasteiger charge is 2.31. The van der Waals surface area contributed by atoms with Gasteiger partial charge in [-0.2, -0.15) is 0 Å². The number of hydrogen-bond acceptors (Lipinski definition) is 21. The largest absolute Gasteiger partial charge is 0.478 e. The molecule has 4 aromatic heterocycles. The SMILES string of the molecule is C=Cc1cc(C(=O)Cc2ccc(C(C)=N)cc2)c(-c2ccc(C(=O)NCC3CC3)nc2C(=O)O)cc1CO.C=Cc1ccc(-c2ccc(C(=O)NCC(C)C)cc2C(=O)O)c(C(=O)Cc2ccc(C(=N)N)cn2)c1.C=Cc1ccc(-c2ccc(C(=O)NCC(C)C)nc2C(=O)O)c(C(=O)Cc2ccc(C(C)=N)cc2)c1.C=Cc1ccc(-c2ccc(C(=O)NCC3CC3)nc2C(=O)O)c(C(=O)Cc2ccc(C(C)=N)cc2)c1. The number of carboxylic acids is 4. The lowest BCUT2D eigenvalue weighted by Gasteiger charge is -2.16. The molecule has 146 heavy (non-hydrogen) atoms. The van der Waals surface area contributed by atoms with Crippen LogP contribution < -0.4 is 27.0 Å². The van der Waals surface area contributed by atoms with Crippen LogP contribution in [0.5, 0.6) is 0 Å². The fourth-order valence-electron chi connectivity index (χ4n) is 15.4. The van der Waals surface area contributed by atoms with Gasteiger partial charge in [0, 0.05) is 125 Å². The van der Waals surface area contributed by atoms with Crippen molar-refractivity contribution in [3.8, 4) is 44.5 Å². The summed E-state index contributed by atoms with van der Waals surface area (Å²) in [5.41, 5.74) is 18.4. The van der Waals surface area contributed by atoms with Gasteiger partial charge in [-0.15, -0.1) is 0 Å². The van der Waals surface area contributed by atoms with Crippen LogP contribution in [0.2, 0.25) is 0 Å². The van der Waals surface area contributed by atoms with Crippen LogP contribution in [0.1, 0.15) is 272 Å². The molecule has 4 amide bonds. The number of aromatic carboxylic acids is 4. The molecule has 0 atom stereocenters. The lowest BCUT2D eigenvalue weighted by molar-refractivity contribution is 0.0680. The van der Waals surface area contributed by atoms with E-state index in [2.05, 4.69) is 67.5 Å². The summed E-state index contributed by atoms with van der Waals surface area (Å²) >= 11 is 0. The van der Waals surface area contributed by atoms with E-state index in [0.717, 1.165) is 64.6 Å². The molecular weight excluding hydrogens is 1850 g/mol. The van der Waals surface area contributed by atoms with E-state index >= 15 is 0 Å². The maximum atomic E-state index is 13.5. The van der Waals surface area contributed by atoms with Gasteiger partial charge in [-0.1, -0.05) is 194 Å². The summed E-state index contributed by atoms with van der Waals surface area (Å²) in [5.74, 6) is -6.49. The maximum Gasteiger partial charge on any atom is 0.355 e. The van der Waals surface area contributed by atoms with Crippen LogP contribution in [-0.4, -0.2) is 165 Å². The number of carbonyl (C=O) groups excluding carboxylic acids is 8. The van der Waals surface area contributed by atoms with E-state index in [9.17, 15) is 83.1 Å². The number of benzene rings is 8. The molecule has 0 saturated heterocycles. The van der Waals surface area contributed by atoms with Crippen molar-refractivity contribution in [1.29, 1.82) is 21.6 Å². The van der Waals surface area contributed by atoms with E-state index in [1.54, 1.807) is 191 Å². The lowest BCUT2D eigenvalue weighted by atomic mass is 9.89. The number of aromatic nitrogens is 4. The van der Waals surface area contributed by atoms with Crippen LogP contribution in [0, 0.1) is 45.3 Å². The average Bonchev–Trinajstić information content (AvgIpc) is 1.19. The quantitative estimate of drug-likeness (QED) is 0.00961. The van der Waals surface area contributed by atoms with Gasteiger partial charge in [-0.05, 0) is 250 Å². The number of amides is 4. The summed E-state index contributed by atoms with van der Waals surface area (Å²) in [5, 5.41) is 91.4. The molecule has 2 aliphatic rings. The maximum absolute atomic E-state index is 13.5. The second-order valence-corrected chi connectivity index (χ2v) is 36.1. The summed E-state index contributed by atoms with van der Waals surface area (Å²) in [7, 11) is 0. The molecule has 0 unspecified atom stereocenters. The predicted octanol–water partition coefficient (Wildman–Crippen LogP) is 19.1. The number of amidine groups is 1. The van der Waals surface area contributed by atoms with Gasteiger partial charge in [0.25, 0.3) is 23.6 Å². The van der Waals surface area contributed by atoms with Crippen molar-refractivity contribution < 1.29 is 83.1 Å².